The Kier molecular flexibility index (Phi) is 6.76. The predicted octanol–water partition coefficient (Wildman–Crippen LogP) is 3.89. The lowest BCUT2D eigenvalue weighted by atomic mass is 9.91. The molecule has 2 N–H and O–H groups in total. The highest BCUT2D eigenvalue weighted by atomic mass is 16.4. The molecule has 1 aromatic carbocycles. The number of imidazole rings is 1. The zero-order valence-electron chi connectivity index (χ0n) is 20.9. The van der Waals surface area contributed by atoms with Gasteiger partial charge in [0, 0.05) is 56.3 Å². The van der Waals surface area contributed by atoms with E-state index in [1.807, 2.05) is 47.6 Å². The van der Waals surface area contributed by atoms with Crippen molar-refractivity contribution in [3.05, 3.63) is 76.5 Å². The molecule has 36 heavy (non-hydrogen) atoms. The largest absolute Gasteiger partial charge is 0.481 e. The standard InChI is InChI=1S/C28H33N5O3/c1-18(2)33(13-11-22-10-9-19-7-5-12-29-27(19)30-22)28(36)24-17-32-16-21(15-26(34)35)23-8-4-3-6-20(23)14-25(32)31-24/h3-4,6,8-10,17-18,21H,5,7,11-16H2,1-2H3,(H,29,30)(H,34,35). The Morgan fingerprint density at radius 1 is 1.17 bits per heavy atom. The molecule has 1 atom stereocenters. The minimum atomic E-state index is -0.827. The lowest BCUT2D eigenvalue weighted by Crippen LogP contribution is -2.38. The number of benzene rings is 1. The number of carboxylic acid groups (broad SMARTS) is 1. The average molecular weight is 488 g/mol. The van der Waals surface area contributed by atoms with Crippen LogP contribution in [0.15, 0.2) is 42.6 Å². The zero-order chi connectivity index (χ0) is 25.2. The molecule has 1 amide bonds. The maximum Gasteiger partial charge on any atom is 0.304 e. The van der Waals surface area contributed by atoms with Crippen molar-refractivity contribution in [2.45, 2.75) is 64.5 Å². The number of carbonyl (C=O) groups excluding carboxylic acids is 1. The number of pyridine rings is 1. The topological polar surface area (TPSA) is 100 Å². The highest BCUT2D eigenvalue weighted by molar-refractivity contribution is 5.92. The molecule has 0 aliphatic carbocycles. The molecule has 0 bridgehead atoms. The lowest BCUT2D eigenvalue weighted by molar-refractivity contribution is -0.137. The van der Waals surface area contributed by atoms with Crippen molar-refractivity contribution in [2.24, 2.45) is 0 Å². The monoisotopic (exact) mass is 487 g/mol. The second-order valence-corrected chi connectivity index (χ2v) is 10.0. The molecule has 5 rings (SSSR count). The van der Waals surface area contributed by atoms with E-state index in [1.54, 1.807) is 6.20 Å². The molecule has 0 radical (unpaired) electrons. The molecule has 2 aliphatic heterocycles. The molecule has 8 nitrogen and oxygen atoms in total. The molecule has 0 fully saturated rings. The Labute approximate surface area is 211 Å². The Hall–Kier alpha value is -3.68. The van der Waals surface area contributed by atoms with E-state index < -0.39 is 5.97 Å². The normalized spacial score (nSPS) is 16.4. The fraction of sp³-hybridized carbons (Fsp3) is 0.429. The van der Waals surface area contributed by atoms with Gasteiger partial charge in [-0.3, -0.25) is 9.59 Å². The number of hydrogen-bond acceptors (Lipinski definition) is 5. The van der Waals surface area contributed by atoms with Gasteiger partial charge in [0.05, 0.1) is 6.42 Å². The van der Waals surface area contributed by atoms with Gasteiger partial charge in [-0.1, -0.05) is 30.3 Å². The van der Waals surface area contributed by atoms with E-state index >= 15 is 0 Å². The molecule has 188 valence electrons. The number of anilines is 1. The zero-order valence-corrected chi connectivity index (χ0v) is 20.9. The Balaban J connectivity index is 1.35. The van der Waals surface area contributed by atoms with Gasteiger partial charge < -0.3 is 19.9 Å². The van der Waals surface area contributed by atoms with Gasteiger partial charge in [-0.25, -0.2) is 9.97 Å². The van der Waals surface area contributed by atoms with Gasteiger partial charge in [0.15, 0.2) is 0 Å². The summed E-state index contributed by atoms with van der Waals surface area (Å²) in [6, 6.07) is 12.2. The molecule has 8 heteroatoms. The van der Waals surface area contributed by atoms with Crippen LogP contribution < -0.4 is 5.32 Å². The van der Waals surface area contributed by atoms with E-state index in [9.17, 15) is 14.7 Å². The maximum absolute atomic E-state index is 13.6. The van der Waals surface area contributed by atoms with Crippen LogP contribution in [0.4, 0.5) is 5.82 Å². The molecule has 2 aromatic heterocycles. The molecule has 1 unspecified atom stereocenters. The SMILES string of the molecule is CC(C)N(CCc1ccc2c(n1)NCCC2)C(=O)c1cn2c(n1)Cc1ccccc1C(CC(=O)O)C2. The summed E-state index contributed by atoms with van der Waals surface area (Å²) >= 11 is 0. The summed E-state index contributed by atoms with van der Waals surface area (Å²) in [7, 11) is 0. The third kappa shape index (κ3) is 4.98. The number of nitrogens with one attached hydrogen (secondary N) is 1. The van der Waals surface area contributed by atoms with Gasteiger partial charge in [-0.15, -0.1) is 0 Å². The van der Waals surface area contributed by atoms with Crippen molar-refractivity contribution >= 4 is 17.7 Å². The first-order chi connectivity index (χ1) is 17.4. The predicted molar refractivity (Wildman–Crippen MR) is 137 cm³/mol. The van der Waals surface area contributed by atoms with Crippen LogP contribution >= 0.6 is 0 Å². The van der Waals surface area contributed by atoms with E-state index in [4.69, 9.17) is 9.97 Å². The maximum atomic E-state index is 13.6. The molecule has 2 aliphatic rings. The summed E-state index contributed by atoms with van der Waals surface area (Å²) in [5.41, 5.74) is 4.75. The van der Waals surface area contributed by atoms with Gasteiger partial charge >= 0.3 is 5.97 Å². The van der Waals surface area contributed by atoms with Crippen molar-refractivity contribution in [1.29, 1.82) is 0 Å². The molecule has 3 aromatic rings. The van der Waals surface area contributed by atoms with Crippen LogP contribution in [-0.2, 0) is 30.6 Å². The quantitative estimate of drug-likeness (QED) is 0.524. The highest BCUT2D eigenvalue weighted by Gasteiger charge is 2.28. The number of hydrogen-bond donors (Lipinski definition) is 2. The fourth-order valence-corrected chi connectivity index (χ4v) is 5.33. The third-order valence-electron chi connectivity index (χ3n) is 7.20. The van der Waals surface area contributed by atoms with E-state index in [2.05, 4.69) is 17.4 Å². The summed E-state index contributed by atoms with van der Waals surface area (Å²) < 4.78 is 1.97. The summed E-state index contributed by atoms with van der Waals surface area (Å²) in [4.78, 5) is 36.5. The number of carboxylic acids is 1. The number of aryl methyl sites for hydroxylation is 1. The average Bonchev–Trinajstić information content (AvgIpc) is 3.19. The van der Waals surface area contributed by atoms with Crippen molar-refractivity contribution < 1.29 is 14.7 Å². The summed E-state index contributed by atoms with van der Waals surface area (Å²) in [6.45, 7) is 6.02. The van der Waals surface area contributed by atoms with Crippen LogP contribution in [0, 0.1) is 0 Å². The summed E-state index contributed by atoms with van der Waals surface area (Å²) in [5.74, 6) is 0.665. The first-order valence-corrected chi connectivity index (χ1v) is 12.8. The van der Waals surface area contributed by atoms with Crippen LogP contribution in [0.1, 0.15) is 71.3 Å². The highest BCUT2D eigenvalue weighted by Crippen LogP contribution is 2.31. The first-order valence-electron chi connectivity index (χ1n) is 12.8. The second kappa shape index (κ2) is 10.1. The van der Waals surface area contributed by atoms with Crippen LogP contribution in [0.5, 0.6) is 0 Å². The number of carbonyl (C=O) groups is 2. The summed E-state index contributed by atoms with van der Waals surface area (Å²) in [6.07, 6.45) is 5.26. The first kappa shape index (κ1) is 24.0. The molecule has 0 saturated heterocycles. The van der Waals surface area contributed by atoms with Crippen molar-refractivity contribution in [1.82, 2.24) is 19.4 Å². The fourth-order valence-electron chi connectivity index (χ4n) is 5.33. The van der Waals surface area contributed by atoms with E-state index in [0.717, 1.165) is 47.8 Å². The van der Waals surface area contributed by atoms with Crippen molar-refractivity contribution in [3.8, 4) is 0 Å². The van der Waals surface area contributed by atoms with Gasteiger partial charge in [-0.2, -0.15) is 0 Å². The Bertz CT molecular complexity index is 1280. The minimum absolute atomic E-state index is 0.00948. The Morgan fingerprint density at radius 2 is 2.00 bits per heavy atom. The van der Waals surface area contributed by atoms with Crippen LogP contribution in [-0.4, -0.2) is 55.5 Å². The molecule has 4 heterocycles. The summed E-state index contributed by atoms with van der Waals surface area (Å²) in [5, 5.41) is 12.9. The van der Waals surface area contributed by atoms with Gasteiger partial charge in [0.1, 0.15) is 17.3 Å². The van der Waals surface area contributed by atoms with Crippen LogP contribution in [0.3, 0.4) is 0 Å². The lowest BCUT2D eigenvalue weighted by Gasteiger charge is -2.26. The van der Waals surface area contributed by atoms with E-state index in [0.29, 0.717) is 31.6 Å². The number of nitrogens with zero attached hydrogens (tertiary/aromatic N) is 4. The molecular formula is C28H33N5O3. The number of fused-ring (bicyclic) bond motifs is 3. The van der Waals surface area contributed by atoms with Crippen molar-refractivity contribution in [3.63, 3.8) is 0 Å². The van der Waals surface area contributed by atoms with Crippen LogP contribution in [0.2, 0.25) is 0 Å². The van der Waals surface area contributed by atoms with E-state index in [-0.39, 0.29) is 24.3 Å². The van der Waals surface area contributed by atoms with Crippen molar-refractivity contribution in [2.75, 3.05) is 18.4 Å². The minimum Gasteiger partial charge on any atom is -0.481 e. The van der Waals surface area contributed by atoms with E-state index in [1.165, 1.54) is 5.56 Å². The number of amides is 1. The molecule has 0 spiro atoms. The number of rotatable bonds is 7. The number of aliphatic carboxylic acids is 1. The molecular weight excluding hydrogens is 454 g/mol. The van der Waals surface area contributed by atoms with Crippen LogP contribution in [0.25, 0.3) is 0 Å². The smallest absolute Gasteiger partial charge is 0.304 e. The molecule has 0 saturated carbocycles. The van der Waals surface area contributed by atoms with Gasteiger partial charge in [0.25, 0.3) is 5.91 Å². The van der Waals surface area contributed by atoms with Gasteiger partial charge in [-0.05, 0) is 49.4 Å². The third-order valence-corrected chi connectivity index (χ3v) is 7.20. The Morgan fingerprint density at radius 3 is 2.81 bits per heavy atom. The second-order valence-electron chi connectivity index (χ2n) is 10.0. The number of aromatic nitrogens is 3. The van der Waals surface area contributed by atoms with Gasteiger partial charge in [0.2, 0.25) is 0 Å².